The van der Waals surface area contributed by atoms with Gasteiger partial charge in [0.05, 0.1) is 41.7 Å². The van der Waals surface area contributed by atoms with Crippen molar-refractivity contribution >= 4 is 12.2 Å². The molecule has 16 heteroatoms. The Balaban J connectivity index is 1.13. The quantitative estimate of drug-likeness (QED) is 0.0305. The van der Waals surface area contributed by atoms with Crippen LogP contribution in [0.2, 0.25) is 0 Å². The molecule has 0 aromatic heterocycles. The van der Waals surface area contributed by atoms with Crippen LogP contribution in [0.1, 0.15) is 41.7 Å². The summed E-state index contributed by atoms with van der Waals surface area (Å²) in [5.74, 6) is 3.76. The number of nitrogens with zero attached hydrogens (tertiary/aromatic N) is 3. The SMILES string of the molecule is COc1cccc(CN(Cc2cccc(OC)c2)C(=O)OCCOC(C)Oc2cc(CNN(C)C)cc(OC(C)OCCOC(=O)N(Cc3cccc(OC)c3)Cc3cccc(OC)c3)c2)c1. The molecule has 0 aliphatic rings. The number of methoxy groups -OCH3 is 4. The van der Waals surface area contributed by atoms with Gasteiger partial charge in [-0.15, -0.1) is 0 Å². The highest BCUT2D eigenvalue weighted by Crippen LogP contribution is 2.26. The molecule has 0 fully saturated rings. The van der Waals surface area contributed by atoms with Crippen LogP contribution in [0.5, 0.6) is 34.5 Å². The number of hydrogen-bond donors (Lipinski definition) is 1. The lowest BCUT2D eigenvalue weighted by atomic mass is 10.1. The molecule has 0 radical (unpaired) electrons. The van der Waals surface area contributed by atoms with Gasteiger partial charge in [-0.05, 0) is 102 Å². The highest BCUT2D eigenvalue weighted by Gasteiger charge is 2.20. The molecule has 0 saturated carbocycles. The van der Waals surface area contributed by atoms with Crippen LogP contribution in [0.15, 0.2) is 115 Å². The van der Waals surface area contributed by atoms with E-state index in [-0.39, 0.29) is 26.4 Å². The van der Waals surface area contributed by atoms with Crippen molar-refractivity contribution in [2.45, 2.75) is 59.2 Å². The second-order valence-electron chi connectivity index (χ2n) is 15.5. The Morgan fingerprint density at radius 3 is 1.10 bits per heavy atom. The van der Waals surface area contributed by atoms with E-state index in [9.17, 15) is 9.59 Å². The van der Waals surface area contributed by atoms with Crippen LogP contribution in [0.4, 0.5) is 9.59 Å². The molecule has 0 spiro atoms. The Hall–Kier alpha value is -6.72. The fraction of sp³-hybridized carbons (Fsp3) is 0.373. The normalized spacial score (nSPS) is 11.8. The summed E-state index contributed by atoms with van der Waals surface area (Å²) in [6.07, 6.45) is -2.42. The van der Waals surface area contributed by atoms with E-state index in [1.54, 1.807) is 58.2 Å². The standard InChI is InChI=1S/C51H64N4O12/c1-37(62-21-23-64-50(56)54(33-39-13-9-17-44(25-39)58-5)34-40-14-10-18-45(26-40)59-6)66-48-29-43(32-52-53(3)4)30-49(31-48)67-38(2)63-22-24-65-51(57)55(35-41-15-11-19-46(27-41)60-7)36-42-16-12-20-47(28-42)61-8/h9-20,25-31,37-38,52H,21-24,32-36H2,1-8H3. The van der Waals surface area contributed by atoms with Crippen LogP contribution < -0.4 is 33.8 Å². The fourth-order valence-electron chi connectivity index (χ4n) is 6.77. The van der Waals surface area contributed by atoms with Crippen molar-refractivity contribution in [1.29, 1.82) is 0 Å². The van der Waals surface area contributed by atoms with E-state index in [1.807, 2.05) is 128 Å². The maximum atomic E-state index is 13.5. The van der Waals surface area contributed by atoms with Crippen molar-refractivity contribution in [2.24, 2.45) is 0 Å². The van der Waals surface area contributed by atoms with E-state index in [2.05, 4.69) is 5.43 Å². The molecule has 0 heterocycles. The van der Waals surface area contributed by atoms with E-state index >= 15 is 0 Å². The summed E-state index contributed by atoms with van der Waals surface area (Å²) in [6, 6.07) is 35.7. The van der Waals surface area contributed by atoms with E-state index in [0.29, 0.717) is 67.2 Å². The molecule has 2 atom stereocenters. The number of hydrazine groups is 1. The van der Waals surface area contributed by atoms with Gasteiger partial charge in [0, 0.05) is 52.9 Å². The Bertz CT molecular complexity index is 2050. The summed E-state index contributed by atoms with van der Waals surface area (Å²) in [5, 5.41) is 1.84. The average molecular weight is 925 g/mol. The van der Waals surface area contributed by atoms with Gasteiger partial charge in [0.25, 0.3) is 0 Å². The summed E-state index contributed by atoms with van der Waals surface area (Å²) in [6.45, 7) is 5.34. The smallest absolute Gasteiger partial charge is 0.410 e. The topological polar surface area (TPSA) is 148 Å². The highest BCUT2D eigenvalue weighted by molar-refractivity contribution is 5.68. The molecule has 5 aromatic carbocycles. The van der Waals surface area contributed by atoms with E-state index in [4.69, 9.17) is 47.4 Å². The number of rotatable bonds is 27. The van der Waals surface area contributed by atoms with Crippen LogP contribution in [0, 0.1) is 0 Å². The zero-order valence-electron chi connectivity index (χ0n) is 39.7. The third kappa shape index (κ3) is 17.9. The summed E-state index contributed by atoms with van der Waals surface area (Å²) >= 11 is 0. The van der Waals surface area contributed by atoms with E-state index < -0.39 is 24.8 Å². The summed E-state index contributed by atoms with van der Waals surface area (Å²) in [4.78, 5) is 30.1. The number of nitrogens with one attached hydrogen (secondary N) is 1. The maximum absolute atomic E-state index is 13.5. The minimum atomic E-state index is -0.705. The van der Waals surface area contributed by atoms with Crippen molar-refractivity contribution in [3.8, 4) is 34.5 Å². The molecule has 360 valence electrons. The molecule has 0 aliphatic heterocycles. The molecule has 5 aromatic rings. The predicted octanol–water partition coefficient (Wildman–Crippen LogP) is 8.45. The number of carbonyl (C=O) groups excluding carboxylic acids is 2. The third-order valence-corrected chi connectivity index (χ3v) is 10.0. The minimum absolute atomic E-state index is 0.00683. The second kappa shape index (κ2) is 27.0. The van der Waals surface area contributed by atoms with Crippen LogP contribution in [0.25, 0.3) is 0 Å². The fourth-order valence-corrected chi connectivity index (χ4v) is 6.77. The summed E-state index contributed by atoms with van der Waals surface area (Å²) in [7, 11) is 10.2. The van der Waals surface area contributed by atoms with Gasteiger partial charge in [-0.1, -0.05) is 48.5 Å². The van der Waals surface area contributed by atoms with E-state index in [1.165, 1.54) is 0 Å². The first-order chi connectivity index (χ1) is 32.4. The molecule has 2 amide bonds. The van der Waals surface area contributed by atoms with Crippen molar-refractivity contribution in [2.75, 3.05) is 69.0 Å². The molecule has 0 aliphatic carbocycles. The van der Waals surface area contributed by atoms with Gasteiger partial charge in [0.15, 0.2) is 12.6 Å². The molecule has 1 N–H and O–H groups in total. The summed E-state index contributed by atoms with van der Waals surface area (Å²) in [5.41, 5.74) is 7.68. The molecule has 0 saturated heterocycles. The van der Waals surface area contributed by atoms with Gasteiger partial charge in [-0.25, -0.2) is 9.59 Å². The predicted molar refractivity (Wildman–Crippen MR) is 252 cm³/mol. The maximum Gasteiger partial charge on any atom is 0.410 e. The first-order valence-electron chi connectivity index (χ1n) is 21.9. The Labute approximate surface area is 394 Å². The number of benzene rings is 5. The Kier molecular flexibility index (Phi) is 20.7. The molecule has 67 heavy (non-hydrogen) atoms. The Morgan fingerprint density at radius 1 is 0.463 bits per heavy atom. The van der Waals surface area contributed by atoms with Crippen LogP contribution in [-0.2, 0) is 51.7 Å². The molecule has 0 bridgehead atoms. The van der Waals surface area contributed by atoms with Gasteiger partial charge in [0.1, 0.15) is 47.7 Å². The van der Waals surface area contributed by atoms with E-state index in [0.717, 1.165) is 27.8 Å². The first kappa shape index (κ1) is 51.3. The first-order valence-corrected chi connectivity index (χ1v) is 21.9. The van der Waals surface area contributed by atoms with Gasteiger partial charge in [0.2, 0.25) is 0 Å². The van der Waals surface area contributed by atoms with Gasteiger partial charge in [-0.2, -0.15) is 0 Å². The van der Waals surface area contributed by atoms with Crippen molar-refractivity contribution < 1.29 is 57.0 Å². The number of carbonyl (C=O) groups is 2. The Morgan fingerprint density at radius 2 is 0.791 bits per heavy atom. The lowest BCUT2D eigenvalue weighted by Gasteiger charge is -2.23. The number of ether oxygens (including phenoxy) is 10. The zero-order valence-corrected chi connectivity index (χ0v) is 39.7. The monoisotopic (exact) mass is 924 g/mol. The molecule has 16 nitrogen and oxygen atoms in total. The second-order valence-corrected chi connectivity index (χ2v) is 15.5. The average Bonchev–Trinajstić information content (AvgIpc) is 3.33. The molecular formula is C51H64N4O12. The van der Waals surface area contributed by atoms with Crippen LogP contribution >= 0.6 is 0 Å². The van der Waals surface area contributed by atoms with Gasteiger partial charge >= 0.3 is 12.2 Å². The van der Waals surface area contributed by atoms with Crippen molar-refractivity contribution in [3.63, 3.8) is 0 Å². The molecular weight excluding hydrogens is 861 g/mol. The van der Waals surface area contributed by atoms with Crippen molar-refractivity contribution in [3.05, 3.63) is 143 Å². The molecule has 2 unspecified atom stereocenters. The largest absolute Gasteiger partial charge is 0.497 e. The lowest BCUT2D eigenvalue weighted by molar-refractivity contribution is -0.0819. The third-order valence-electron chi connectivity index (χ3n) is 10.0. The van der Waals surface area contributed by atoms with Crippen molar-refractivity contribution in [1.82, 2.24) is 20.2 Å². The van der Waals surface area contributed by atoms with Crippen LogP contribution in [-0.4, -0.2) is 109 Å². The summed E-state index contributed by atoms with van der Waals surface area (Å²) < 4.78 is 57.1. The lowest BCUT2D eigenvalue weighted by Crippen LogP contribution is -2.32. The highest BCUT2D eigenvalue weighted by atomic mass is 16.7. The van der Waals surface area contributed by atoms with Gasteiger partial charge < -0.3 is 47.4 Å². The minimum Gasteiger partial charge on any atom is -0.497 e. The van der Waals surface area contributed by atoms with Crippen LogP contribution in [0.3, 0.4) is 0 Å². The number of hydrogen-bond acceptors (Lipinski definition) is 14. The zero-order chi connectivity index (χ0) is 48.0. The number of amides is 2. The molecule has 5 rings (SSSR count). The van der Waals surface area contributed by atoms with Gasteiger partial charge in [-0.3, -0.25) is 20.2 Å².